The van der Waals surface area contributed by atoms with Crippen LogP contribution in [0.3, 0.4) is 0 Å². The maximum Gasteiger partial charge on any atom is 0.260 e. The Bertz CT molecular complexity index is 905. The lowest BCUT2D eigenvalue weighted by atomic mass is 10.2. The van der Waals surface area contributed by atoms with Crippen LogP contribution in [0.25, 0.3) is 10.2 Å². The van der Waals surface area contributed by atoms with Crippen LogP contribution in [-0.2, 0) is 4.74 Å². The van der Waals surface area contributed by atoms with Crippen LogP contribution in [0.4, 0.5) is 5.13 Å². The van der Waals surface area contributed by atoms with Crippen LogP contribution in [0.5, 0.6) is 0 Å². The lowest BCUT2D eigenvalue weighted by Gasteiger charge is -2.23. The minimum Gasteiger partial charge on any atom is -0.376 e. The second-order valence-corrected chi connectivity index (χ2v) is 8.08. The Labute approximate surface area is 161 Å². The van der Waals surface area contributed by atoms with Crippen molar-refractivity contribution < 1.29 is 9.53 Å². The second kappa shape index (κ2) is 7.78. The molecule has 0 bridgehead atoms. The molecule has 0 aliphatic carbocycles. The van der Waals surface area contributed by atoms with Crippen molar-refractivity contribution in [3.8, 4) is 0 Å². The van der Waals surface area contributed by atoms with Crippen molar-refractivity contribution in [2.24, 2.45) is 0 Å². The number of hydrogen-bond acceptors (Lipinski definition) is 5. The summed E-state index contributed by atoms with van der Waals surface area (Å²) in [5.41, 5.74) is 1.65. The summed E-state index contributed by atoms with van der Waals surface area (Å²) in [7, 11) is 0. The molecule has 2 heterocycles. The van der Waals surface area contributed by atoms with Gasteiger partial charge in [0.15, 0.2) is 5.13 Å². The zero-order valence-electron chi connectivity index (χ0n) is 14.6. The van der Waals surface area contributed by atoms with Crippen molar-refractivity contribution in [2.45, 2.75) is 23.8 Å². The number of para-hydroxylation sites is 1. The van der Waals surface area contributed by atoms with Gasteiger partial charge in [-0.1, -0.05) is 35.6 Å². The maximum atomic E-state index is 13.2. The summed E-state index contributed by atoms with van der Waals surface area (Å²) in [6, 6.07) is 15.6. The summed E-state index contributed by atoms with van der Waals surface area (Å²) in [5, 5.41) is 0.742. The molecule has 1 fully saturated rings. The fourth-order valence-electron chi connectivity index (χ4n) is 3.17. The highest BCUT2D eigenvalue weighted by Gasteiger charge is 2.27. The molecule has 0 unspecified atom stereocenters. The molecule has 26 heavy (non-hydrogen) atoms. The largest absolute Gasteiger partial charge is 0.376 e. The smallest absolute Gasteiger partial charge is 0.260 e. The monoisotopic (exact) mass is 384 g/mol. The third kappa shape index (κ3) is 3.49. The molecule has 0 N–H and O–H groups in total. The van der Waals surface area contributed by atoms with E-state index in [9.17, 15) is 4.79 Å². The topological polar surface area (TPSA) is 42.4 Å². The fraction of sp³-hybridized carbons (Fsp3) is 0.300. The van der Waals surface area contributed by atoms with Crippen LogP contribution in [0, 0.1) is 0 Å². The van der Waals surface area contributed by atoms with E-state index >= 15 is 0 Å². The Kier molecular flexibility index (Phi) is 5.24. The molecule has 1 saturated heterocycles. The minimum atomic E-state index is -0.0224. The van der Waals surface area contributed by atoms with Crippen LogP contribution < -0.4 is 4.90 Å². The lowest BCUT2D eigenvalue weighted by molar-refractivity contribution is 0.0917. The highest BCUT2D eigenvalue weighted by Crippen LogP contribution is 2.35. The Balaban J connectivity index is 1.73. The lowest BCUT2D eigenvalue weighted by Crippen LogP contribution is -2.37. The number of fused-ring (bicyclic) bond motifs is 1. The fourth-order valence-corrected chi connectivity index (χ4v) is 4.80. The predicted molar refractivity (Wildman–Crippen MR) is 108 cm³/mol. The quantitative estimate of drug-likeness (QED) is 0.590. The summed E-state index contributed by atoms with van der Waals surface area (Å²) >= 11 is 3.24. The molecule has 4 nitrogen and oxygen atoms in total. The number of nitrogens with zero attached hydrogens (tertiary/aromatic N) is 2. The molecule has 1 atom stereocenters. The normalized spacial score (nSPS) is 16.9. The maximum absolute atomic E-state index is 13.2. The van der Waals surface area contributed by atoms with Gasteiger partial charge in [0.25, 0.3) is 5.91 Å². The van der Waals surface area contributed by atoms with E-state index in [0.717, 1.165) is 39.7 Å². The molecule has 1 aliphatic heterocycles. The van der Waals surface area contributed by atoms with Crippen LogP contribution in [-0.4, -0.2) is 36.4 Å². The molecule has 6 heteroatoms. The van der Waals surface area contributed by atoms with E-state index in [1.807, 2.05) is 42.7 Å². The molecule has 0 saturated carbocycles. The van der Waals surface area contributed by atoms with Gasteiger partial charge < -0.3 is 4.74 Å². The van der Waals surface area contributed by atoms with Crippen LogP contribution in [0.15, 0.2) is 53.4 Å². The number of hydrogen-bond donors (Lipinski definition) is 0. The number of anilines is 1. The van der Waals surface area contributed by atoms with Crippen LogP contribution in [0.1, 0.15) is 23.2 Å². The van der Waals surface area contributed by atoms with E-state index in [2.05, 4.69) is 12.1 Å². The van der Waals surface area contributed by atoms with Gasteiger partial charge in [-0.2, -0.15) is 0 Å². The first-order valence-electron chi connectivity index (χ1n) is 8.68. The first-order valence-corrected chi connectivity index (χ1v) is 10.7. The van der Waals surface area contributed by atoms with Crippen molar-refractivity contribution >= 4 is 44.4 Å². The molecule has 0 spiro atoms. The summed E-state index contributed by atoms with van der Waals surface area (Å²) < 4.78 is 6.89. The first kappa shape index (κ1) is 17.5. The highest BCUT2D eigenvalue weighted by molar-refractivity contribution is 7.98. The van der Waals surface area contributed by atoms with Crippen molar-refractivity contribution in [3.63, 3.8) is 0 Å². The standard InChI is InChI=1S/C20H20N2O2S2/c1-25-16-10-5-11-17-18(16)21-20(26-17)22(13-15-9-6-12-24-15)19(23)14-7-3-2-4-8-14/h2-5,7-8,10-11,15H,6,9,12-13H2,1H3/t15-/m1/s1. The van der Waals surface area contributed by atoms with Gasteiger partial charge >= 0.3 is 0 Å². The molecule has 2 aromatic carbocycles. The molecule has 1 aromatic heterocycles. The average Bonchev–Trinajstić information content (AvgIpc) is 3.35. The van der Waals surface area contributed by atoms with Gasteiger partial charge in [0.2, 0.25) is 0 Å². The van der Waals surface area contributed by atoms with E-state index in [-0.39, 0.29) is 12.0 Å². The van der Waals surface area contributed by atoms with Crippen LogP contribution in [0.2, 0.25) is 0 Å². The SMILES string of the molecule is CSc1cccc2sc(N(C[C@H]3CCCO3)C(=O)c3ccccc3)nc12. The summed E-state index contributed by atoms with van der Waals surface area (Å²) in [6.07, 6.45) is 4.16. The van der Waals surface area contributed by atoms with E-state index in [1.54, 1.807) is 28.0 Å². The third-order valence-corrected chi connectivity index (χ3v) is 6.31. The Morgan fingerprint density at radius 1 is 1.27 bits per heavy atom. The van der Waals surface area contributed by atoms with Crippen molar-refractivity contribution in [1.29, 1.82) is 0 Å². The Morgan fingerprint density at radius 2 is 2.12 bits per heavy atom. The highest BCUT2D eigenvalue weighted by atomic mass is 32.2. The Morgan fingerprint density at radius 3 is 2.85 bits per heavy atom. The van der Waals surface area contributed by atoms with Gasteiger partial charge in [0.1, 0.15) is 0 Å². The van der Waals surface area contributed by atoms with E-state index < -0.39 is 0 Å². The van der Waals surface area contributed by atoms with Crippen LogP contribution >= 0.6 is 23.1 Å². The van der Waals surface area contributed by atoms with Crippen molar-refractivity contribution in [1.82, 2.24) is 4.98 Å². The molecule has 3 aromatic rings. The summed E-state index contributed by atoms with van der Waals surface area (Å²) in [4.78, 5) is 20.9. The average molecular weight is 385 g/mol. The number of benzene rings is 2. The first-order chi connectivity index (χ1) is 12.8. The summed E-state index contributed by atoms with van der Waals surface area (Å²) in [6.45, 7) is 1.32. The Hall–Kier alpha value is -1.89. The molecule has 1 aliphatic rings. The molecular formula is C20H20N2O2S2. The van der Waals surface area contributed by atoms with Gasteiger partial charge in [0, 0.05) is 17.1 Å². The number of rotatable bonds is 5. The number of thioether (sulfide) groups is 1. The van der Waals surface area contributed by atoms with E-state index in [1.165, 1.54) is 0 Å². The predicted octanol–water partition coefficient (Wildman–Crippen LogP) is 4.84. The minimum absolute atomic E-state index is 0.0224. The van der Waals surface area contributed by atoms with Gasteiger partial charge in [0.05, 0.1) is 22.9 Å². The van der Waals surface area contributed by atoms with Crippen molar-refractivity contribution in [3.05, 3.63) is 54.1 Å². The number of aromatic nitrogens is 1. The van der Waals surface area contributed by atoms with Gasteiger partial charge in [-0.3, -0.25) is 9.69 Å². The molecule has 1 amide bonds. The number of amides is 1. The number of carbonyl (C=O) groups excluding carboxylic acids is 1. The number of carbonyl (C=O) groups is 1. The zero-order valence-corrected chi connectivity index (χ0v) is 16.2. The van der Waals surface area contributed by atoms with Crippen molar-refractivity contribution in [2.75, 3.05) is 24.3 Å². The van der Waals surface area contributed by atoms with Gasteiger partial charge in [-0.15, -0.1) is 11.8 Å². The molecule has 4 rings (SSSR count). The zero-order chi connectivity index (χ0) is 17.9. The van der Waals surface area contributed by atoms with E-state index in [0.29, 0.717) is 12.1 Å². The molecule has 134 valence electrons. The van der Waals surface area contributed by atoms with Gasteiger partial charge in [-0.05, 0) is 43.4 Å². The number of thiazole rings is 1. The summed E-state index contributed by atoms with van der Waals surface area (Å²) in [5.74, 6) is -0.0224. The molecule has 0 radical (unpaired) electrons. The second-order valence-electron chi connectivity index (χ2n) is 6.22. The third-order valence-electron chi connectivity index (χ3n) is 4.50. The molecular weight excluding hydrogens is 364 g/mol. The van der Waals surface area contributed by atoms with E-state index in [4.69, 9.17) is 9.72 Å². The number of ether oxygens (including phenoxy) is 1. The van der Waals surface area contributed by atoms with Gasteiger partial charge in [-0.25, -0.2) is 4.98 Å².